The van der Waals surface area contributed by atoms with Crippen molar-refractivity contribution in [2.75, 3.05) is 13.2 Å². The first kappa shape index (κ1) is 12.0. The molecule has 17 heavy (non-hydrogen) atoms. The number of allylic oxidation sites excluding steroid dienone is 1. The Morgan fingerprint density at radius 3 is 3.00 bits per heavy atom. The van der Waals surface area contributed by atoms with E-state index in [0.29, 0.717) is 0 Å². The molecule has 0 aliphatic carbocycles. The van der Waals surface area contributed by atoms with Gasteiger partial charge in [-0.25, -0.2) is 4.39 Å². The van der Waals surface area contributed by atoms with Gasteiger partial charge >= 0.3 is 0 Å². The molecule has 0 saturated heterocycles. The molecule has 3 nitrogen and oxygen atoms in total. The number of nitrogens with one attached hydrogen (secondary N) is 1. The zero-order valence-electron chi connectivity index (χ0n) is 9.95. The van der Waals surface area contributed by atoms with Gasteiger partial charge in [0.1, 0.15) is 17.6 Å². The Bertz CT molecular complexity index is 389. The van der Waals surface area contributed by atoms with Crippen molar-refractivity contribution in [2.24, 2.45) is 0 Å². The average Bonchev–Trinajstić information content (AvgIpc) is 2.38. The van der Waals surface area contributed by atoms with Crippen LogP contribution in [-0.2, 0) is 4.74 Å². The van der Waals surface area contributed by atoms with E-state index in [-0.39, 0.29) is 11.9 Å². The van der Waals surface area contributed by atoms with Crippen molar-refractivity contribution in [1.82, 2.24) is 10.3 Å². The maximum absolute atomic E-state index is 12.8. The summed E-state index contributed by atoms with van der Waals surface area (Å²) in [7, 11) is 0. The molecule has 1 aliphatic heterocycles. The lowest BCUT2D eigenvalue weighted by Gasteiger charge is -2.24. The van der Waals surface area contributed by atoms with Crippen molar-refractivity contribution in [3.8, 4) is 0 Å². The van der Waals surface area contributed by atoms with E-state index < -0.39 is 0 Å². The summed E-state index contributed by atoms with van der Waals surface area (Å²) in [6.45, 7) is 3.58. The topological polar surface area (TPSA) is 34.1 Å². The molecule has 0 aromatic carbocycles. The minimum absolute atomic E-state index is 0.0686. The third kappa shape index (κ3) is 3.03. The molecule has 0 spiro atoms. The molecule has 1 aromatic rings. The van der Waals surface area contributed by atoms with E-state index in [1.165, 1.54) is 12.3 Å². The number of hydrogen-bond acceptors (Lipinski definition) is 3. The smallest absolute Gasteiger partial charge is 0.141 e. The van der Waals surface area contributed by atoms with E-state index in [0.717, 1.165) is 37.4 Å². The molecule has 0 bridgehead atoms. The number of ether oxygens (including phenoxy) is 1. The van der Waals surface area contributed by atoms with E-state index >= 15 is 0 Å². The Kier molecular flexibility index (Phi) is 4.09. The molecule has 92 valence electrons. The van der Waals surface area contributed by atoms with Crippen LogP contribution in [0, 0.1) is 5.82 Å². The maximum atomic E-state index is 12.8. The first-order chi connectivity index (χ1) is 8.31. The van der Waals surface area contributed by atoms with Gasteiger partial charge in [-0.3, -0.25) is 4.98 Å². The van der Waals surface area contributed by atoms with Gasteiger partial charge in [0.15, 0.2) is 0 Å². The Morgan fingerprint density at radius 1 is 1.53 bits per heavy atom. The van der Waals surface area contributed by atoms with Crippen LogP contribution in [0.3, 0.4) is 0 Å². The number of rotatable bonds is 4. The number of nitrogens with zero attached hydrogens (tertiary/aromatic N) is 1. The highest BCUT2D eigenvalue weighted by Gasteiger charge is 2.20. The fourth-order valence-electron chi connectivity index (χ4n) is 1.89. The van der Waals surface area contributed by atoms with Gasteiger partial charge in [-0.15, -0.1) is 0 Å². The third-order valence-corrected chi connectivity index (χ3v) is 2.70. The second-order valence-corrected chi connectivity index (χ2v) is 3.99. The molecule has 1 aromatic heterocycles. The van der Waals surface area contributed by atoms with Crippen molar-refractivity contribution in [1.29, 1.82) is 0 Å². The summed E-state index contributed by atoms with van der Waals surface area (Å²) in [5, 5.41) is 3.31. The Hall–Kier alpha value is -1.42. The van der Waals surface area contributed by atoms with Gasteiger partial charge in [-0.1, -0.05) is 6.92 Å². The van der Waals surface area contributed by atoms with Crippen LogP contribution >= 0.6 is 0 Å². The quantitative estimate of drug-likeness (QED) is 0.872. The molecule has 2 heterocycles. The van der Waals surface area contributed by atoms with E-state index in [1.807, 2.05) is 6.92 Å². The molecule has 2 rings (SSSR count). The second kappa shape index (κ2) is 5.77. The second-order valence-electron chi connectivity index (χ2n) is 3.99. The highest BCUT2D eigenvalue weighted by atomic mass is 19.1. The molecular weight excluding hydrogens is 219 g/mol. The van der Waals surface area contributed by atoms with Crippen LogP contribution in [-0.4, -0.2) is 18.1 Å². The fraction of sp³-hybridized carbons (Fsp3) is 0.462. The Morgan fingerprint density at radius 2 is 2.41 bits per heavy atom. The van der Waals surface area contributed by atoms with Crippen LogP contribution in [0.4, 0.5) is 4.39 Å². The number of hydrogen-bond donors (Lipinski definition) is 1. The SMILES string of the molecule is CCNC(C1=CCCCO1)c1ccc(F)cn1. The van der Waals surface area contributed by atoms with Crippen molar-refractivity contribution in [3.63, 3.8) is 0 Å². The lowest BCUT2D eigenvalue weighted by molar-refractivity contribution is 0.167. The lowest BCUT2D eigenvalue weighted by Crippen LogP contribution is -2.26. The van der Waals surface area contributed by atoms with Gasteiger partial charge in [0, 0.05) is 0 Å². The zero-order valence-corrected chi connectivity index (χ0v) is 9.95. The van der Waals surface area contributed by atoms with Gasteiger partial charge in [-0.2, -0.15) is 0 Å². The largest absolute Gasteiger partial charge is 0.496 e. The molecule has 0 radical (unpaired) electrons. The highest BCUT2D eigenvalue weighted by molar-refractivity contribution is 5.20. The minimum Gasteiger partial charge on any atom is -0.496 e. The van der Waals surface area contributed by atoms with E-state index in [4.69, 9.17) is 4.74 Å². The normalized spacial score (nSPS) is 17.2. The third-order valence-electron chi connectivity index (χ3n) is 2.70. The molecule has 0 amide bonds. The van der Waals surface area contributed by atoms with Crippen LogP contribution in [0.1, 0.15) is 31.5 Å². The summed E-state index contributed by atoms with van der Waals surface area (Å²) in [5.74, 6) is 0.583. The van der Waals surface area contributed by atoms with Gasteiger partial charge in [-0.05, 0) is 37.6 Å². The van der Waals surface area contributed by atoms with Crippen molar-refractivity contribution < 1.29 is 9.13 Å². The summed E-state index contributed by atoms with van der Waals surface area (Å²) in [5.41, 5.74) is 0.793. The predicted octanol–water partition coefficient (Wildman–Crippen LogP) is 2.57. The van der Waals surface area contributed by atoms with Gasteiger partial charge in [0.2, 0.25) is 0 Å². The van der Waals surface area contributed by atoms with Crippen molar-refractivity contribution >= 4 is 0 Å². The van der Waals surface area contributed by atoms with Crippen LogP contribution in [0.15, 0.2) is 30.2 Å². The average molecular weight is 236 g/mol. The standard InChI is InChI=1S/C13H17FN2O/c1-2-15-13(12-5-3-4-8-17-12)11-7-6-10(14)9-16-11/h5-7,9,13,15H,2-4,8H2,1H3. The van der Waals surface area contributed by atoms with Crippen LogP contribution in [0.2, 0.25) is 0 Å². The van der Waals surface area contributed by atoms with Gasteiger partial charge < -0.3 is 10.1 Å². The lowest BCUT2D eigenvalue weighted by atomic mass is 10.1. The van der Waals surface area contributed by atoms with Gasteiger partial charge in [0.25, 0.3) is 0 Å². The molecule has 1 atom stereocenters. The van der Waals surface area contributed by atoms with E-state index in [1.54, 1.807) is 6.07 Å². The summed E-state index contributed by atoms with van der Waals surface area (Å²) in [6.07, 6.45) is 5.41. The summed E-state index contributed by atoms with van der Waals surface area (Å²) >= 11 is 0. The predicted molar refractivity (Wildman–Crippen MR) is 63.9 cm³/mol. The molecule has 1 N–H and O–H groups in total. The van der Waals surface area contributed by atoms with E-state index in [9.17, 15) is 4.39 Å². The monoisotopic (exact) mass is 236 g/mol. The molecular formula is C13H17FN2O. The summed E-state index contributed by atoms with van der Waals surface area (Å²) in [4.78, 5) is 4.11. The first-order valence-electron chi connectivity index (χ1n) is 5.99. The number of halogens is 1. The molecule has 0 fully saturated rings. The first-order valence-corrected chi connectivity index (χ1v) is 5.99. The molecule has 0 saturated carbocycles. The fourth-order valence-corrected chi connectivity index (χ4v) is 1.89. The minimum atomic E-state index is -0.317. The Labute approximate surface area is 101 Å². The molecule has 1 unspecified atom stereocenters. The van der Waals surface area contributed by atoms with Crippen LogP contribution in [0.25, 0.3) is 0 Å². The molecule has 4 heteroatoms. The summed E-state index contributed by atoms with van der Waals surface area (Å²) in [6, 6.07) is 3.05. The van der Waals surface area contributed by atoms with Gasteiger partial charge in [0.05, 0.1) is 18.5 Å². The molecule has 1 aliphatic rings. The summed E-state index contributed by atoms with van der Waals surface area (Å²) < 4.78 is 18.5. The van der Waals surface area contributed by atoms with E-state index in [2.05, 4.69) is 16.4 Å². The van der Waals surface area contributed by atoms with Crippen LogP contribution < -0.4 is 5.32 Å². The number of likely N-dealkylation sites (N-methyl/N-ethyl adjacent to an activating group) is 1. The number of aromatic nitrogens is 1. The maximum Gasteiger partial charge on any atom is 0.141 e. The van der Waals surface area contributed by atoms with Crippen molar-refractivity contribution in [3.05, 3.63) is 41.7 Å². The zero-order chi connectivity index (χ0) is 12.1. The highest BCUT2D eigenvalue weighted by Crippen LogP contribution is 2.24. The number of pyridine rings is 1. The Balaban J connectivity index is 2.21. The van der Waals surface area contributed by atoms with Crippen molar-refractivity contribution in [2.45, 2.75) is 25.8 Å². The van der Waals surface area contributed by atoms with Crippen LogP contribution in [0.5, 0.6) is 0 Å².